The van der Waals surface area contributed by atoms with E-state index in [1.54, 1.807) is 12.3 Å². The maximum absolute atomic E-state index is 12.4. The molecule has 0 N–H and O–H groups in total. The average Bonchev–Trinajstić information content (AvgIpc) is 2.52. The second-order valence-corrected chi connectivity index (χ2v) is 5.66. The van der Waals surface area contributed by atoms with Gasteiger partial charge in [0, 0.05) is 32.1 Å². The summed E-state index contributed by atoms with van der Waals surface area (Å²) < 4.78 is 41.0. The Balaban J connectivity index is 0.00000182. The van der Waals surface area contributed by atoms with Gasteiger partial charge in [0.2, 0.25) is 0 Å². The molecule has 0 aliphatic rings. The van der Waals surface area contributed by atoms with Crippen LogP contribution >= 0.6 is 0 Å². The van der Waals surface area contributed by atoms with Crippen molar-refractivity contribution in [1.82, 2.24) is 4.98 Å². The molecule has 0 aliphatic heterocycles. The summed E-state index contributed by atoms with van der Waals surface area (Å²) in [5.74, 6) is -0.286. The molecule has 3 aromatic carbocycles. The van der Waals surface area contributed by atoms with Crippen molar-refractivity contribution in [2.75, 3.05) is 0 Å². The number of aryl methyl sites for hydroxylation is 1. The van der Waals surface area contributed by atoms with Crippen molar-refractivity contribution in [3.63, 3.8) is 0 Å². The molecule has 0 atom stereocenters. The Morgan fingerprint density at radius 1 is 1.00 bits per heavy atom. The quantitative estimate of drug-likeness (QED) is 0.244. The molecule has 1 radical (unpaired) electrons. The number of fused-ring (bicyclic) bond motifs is 5. The Morgan fingerprint density at radius 2 is 1.76 bits per heavy atom. The van der Waals surface area contributed by atoms with Gasteiger partial charge in [0.25, 0.3) is 0 Å². The van der Waals surface area contributed by atoms with E-state index in [-0.39, 0.29) is 25.9 Å². The van der Waals surface area contributed by atoms with Gasteiger partial charge in [-0.15, -0.1) is 36.1 Å². The Morgan fingerprint density at radius 3 is 2.52 bits per heavy atom. The van der Waals surface area contributed by atoms with E-state index < -0.39 is 6.36 Å². The Labute approximate surface area is 155 Å². The summed E-state index contributed by atoms with van der Waals surface area (Å²) in [4.78, 5) is 4.49. The van der Waals surface area contributed by atoms with Gasteiger partial charge in [0.05, 0.1) is 0 Å². The molecule has 4 aromatic rings. The Bertz CT molecular complexity index is 1090. The zero-order valence-electron chi connectivity index (χ0n) is 12.9. The van der Waals surface area contributed by atoms with Crippen LogP contribution in [0.1, 0.15) is 5.56 Å². The number of halogens is 3. The molecule has 0 fully saturated rings. The molecule has 0 bridgehead atoms. The van der Waals surface area contributed by atoms with Crippen LogP contribution < -0.4 is 4.74 Å². The molecule has 0 amide bonds. The average molecular weight is 519 g/mol. The third kappa shape index (κ3) is 3.32. The molecular formula is C19H11F3IrNO-. The summed E-state index contributed by atoms with van der Waals surface area (Å²) in [6.45, 7) is 2.01. The first-order valence-electron chi connectivity index (χ1n) is 7.30. The van der Waals surface area contributed by atoms with Gasteiger partial charge >= 0.3 is 6.36 Å². The van der Waals surface area contributed by atoms with E-state index in [1.807, 2.05) is 25.1 Å². The number of alkyl halides is 3. The molecule has 0 aliphatic carbocycles. The van der Waals surface area contributed by atoms with Crippen LogP contribution in [-0.2, 0) is 20.1 Å². The van der Waals surface area contributed by atoms with Gasteiger partial charge in [-0.3, -0.25) is 0 Å². The summed E-state index contributed by atoms with van der Waals surface area (Å²) in [7, 11) is 0. The molecule has 1 aromatic heterocycles. The summed E-state index contributed by atoms with van der Waals surface area (Å²) in [5, 5.41) is 4.30. The van der Waals surface area contributed by atoms with Gasteiger partial charge in [0.15, 0.2) is 0 Å². The van der Waals surface area contributed by atoms with Crippen molar-refractivity contribution in [1.29, 1.82) is 0 Å². The van der Waals surface area contributed by atoms with Crippen LogP contribution in [0.2, 0.25) is 0 Å². The van der Waals surface area contributed by atoms with Crippen LogP contribution in [-0.4, -0.2) is 11.3 Å². The maximum atomic E-state index is 12.4. The van der Waals surface area contributed by atoms with Crippen LogP contribution in [0.4, 0.5) is 13.2 Å². The maximum Gasteiger partial charge on any atom is 0.564 e. The molecular weight excluding hydrogens is 507 g/mol. The van der Waals surface area contributed by atoms with E-state index in [1.165, 1.54) is 12.1 Å². The number of rotatable bonds is 1. The SMILES string of the molecule is Cc1ccc2c(cnc3c4[c-]cc(OC(F)(F)F)cc4ccc23)c1.[Ir]. The molecule has 0 saturated heterocycles. The van der Waals surface area contributed by atoms with Crippen LogP contribution in [0, 0.1) is 13.0 Å². The molecule has 25 heavy (non-hydrogen) atoms. The third-order valence-electron chi connectivity index (χ3n) is 3.93. The second-order valence-electron chi connectivity index (χ2n) is 5.66. The summed E-state index contributed by atoms with van der Waals surface area (Å²) in [6.07, 6.45) is -2.94. The van der Waals surface area contributed by atoms with E-state index >= 15 is 0 Å². The minimum Gasteiger partial charge on any atom is -0.454 e. The first-order chi connectivity index (χ1) is 11.4. The van der Waals surface area contributed by atoms with Gasteiger partial charge in [0.1, 0.15) is 0 Å². The van der Waals surface area contributed by atoms with Crippen LogP contribution in [0.3, 0.4) is 0 Å². The number of hydrogen-bond donors (Lipinski definition) is 0. The minimum absolute atomic E-state index is 0. The van der Waals surface area contributed by atoms with E-state index in [9.17, 15) is 13.2 Å². The normalized spacial score (nSPS) is 11.7. The molecule has 129 valence electrons. The largest absolute Gasteiger partial charge is 0.564 e. The topological polar surface area (TPSA) is 22.1 Å². The van der Waals surface area contributed by atoms with E-state index in [2.05, 4.69) is 21.9 Å². The molecule has 0 spiro atoms. The van der Waals surface area contributed by atoms with E-state index in [4.69, 9.17) is 0 Å². The first-order valence-corrected chi connectivity index (χ1v) is 7.30. The predicted molar refractivity (Wildman–Crippen MR) is 87.0 cm³/mol. The first kappa shape index (κ1) is 17.6. The standard InChI is InChI=1S/C19H11F3NO.Ir/c1-11-2-5-15-13(8-11)10-23-18-16-7-4-14(24-19(20,21)22)9-12(16)3-6-17(15)18;/h2-6,8-10H,1H3;/q-1;. The van der Waals surface area contributed by atoms with Crippen molar-refractivity contribution in [2.45, 2.75) is 13.3 Å². The molecule has 2 nitrogen and oxygen atoms in total. The Kier molecular flexibility index (Phi) is 4.43. The van der Waals surface area contributed by atoms with Crippen LogP contribution in [0.5, 0.6) is 5.75 Å². The number of aromatic nitrogens is 1. The fourth-order valence-electron chi connectivity index (χ4n) is 2.93. The van der Waals surface area contributed by atoms with Gasteiger partial charge in [-0.05, 0) is 34.7 Å². The Hall–Kier alpha value is -2.17. The molecule has 0 unspecified atom stereocenters. The van der Waals surface area contributed by atoms with Crippen LogP contribution in [0.15, 0.2) is 48.7 Å². The zero-order chi connectivity index (χ0) is 16.9. The fourth-order valence-corrected chi connectivity index (χ4v) is 2.93. The number of pyridine rings is 1. The van der Waals surface area contributed by atoms with Crippen molar-refractivity contribution in [3.8, 4) is 5.75 Å². The molecule has 4 rings (SSSR count). The molecule has 6 heteroatoms. The zero-order valence-corrected chi connectivity index (χ0v) is 15.3. The summed E-state index contributed by atoms with van der Waals surface area (Å²) in [6, 6.07) is 15.1. The monoisotopic (exact) mass is 519 g/mol. The third-order valence-corrected chi connectivity index (χ3v) is 3.93. The molecule has 0 saturated carbocycles. The summed E-state index contributed by atoms with van der Waals surface area (Å²) in [5.41, 5.74) is 1.85. The summed E-state index contributed by atoms with van der Waals surface area (Å²) >= 11 is 0. The van der Waals surface area contributed by atoms with Crippen molar-refractivity contribution in [2.24, 2.45) is 0 Å². The number of benzene rings is 3. The predicted octanol–water partition coefficient (Wildman–Crippen LogP) is 5.55. The van der Waals surface area contributed by atoms with Gasteiger partial charge in [-0.2, -0.15) is 0 Å². The minimum atomic E-state index is -4.72. The smallest absolute Gasteiger partial charge is 0.454 e. The van der Waals surface area contributed by atoms with Gasteiger partial charge in [-0.1, -0.05) is 35.9 Å². The van der Waals surface area contributed by atoms with Crippen molar-refractivity contribution >= 4 is 32.4 Å². The van der Waals surface area contributed by atoms with Crippen LogP contribution in [0.25, 0.3) is 32.4 Å². The van der Waals surface area contributed by atoms with Crippen molar-refractivity contribution < 1.29 is 38.0 Å². The number of ether oxygens (including phenoxy) is 1. The van der Waals surface area contributed by atoms with Gasteiger partial charge < -0.3 is 9.72 Å². The van der Waals surface area contributed by atoms with Crippen molar-refractivity contribution in [3.05, 3.63) is 60.3 Å². The van der Waals surface area contributed by atoms with E-state index in [0.29, 0.717) is 16.3 Å². The van der Waals surface area contributed by atoms with Gasteiger partial charge in [-0.25, -0.2) is 0 Å². The second kappa shape index (κ2) is 6.28. The molecule has 1 heterocycles. The number of hydrogen-bond acceptors (Lipinski definition) is 2. The van der Waals surface area contributed by atoms with E-state index in [0.717, 1.165) is 21.7 Å². The number of nitrogens with zero attached hydrogens (tertiary/aromatic N) is 1. The fraction of sp³-hybridized carbons (Fsp3) is 0.105.